The Hall–Kier alpha value is -0.930. The fourth-order valence-electron chi connectivity index (χ4n) is 0.870. The average Bonchev–Trinajstić information content (AvgIpc) is 2.05. The second kappa shape index (κ2) is 4.85. The van der Waals surface area contributed by atoms with E-state index in [9.17, 15) is 4.39 Å². The van der Waals surface area contributed by atoms with E-state index in [1.165, 1.54) is 12.1 Å². The van der Waals surface area contributed by atoms with E-state index in [2.05, 4.69) is 4.74 Å². The van der Waals surface area contributed by atoms with Gasteiger partial charge in [-0.05, 0) is 17.7 Å². The maximum absolute atomic E-state index is 12.6. The first-order valence-corrected chi connectivity index (χ1v) is 3.64. The van der Waals surface area contributed by atoms with Gasteiger partial charge in [-0.15, -0.1) is 0 Å². The van der Waals surface area contributed by atoms with Crippen LogP contribution < -0.4 is 0 Å². The summed E-state index contributed by atoms with van der Waals surface area (Å²) in [5.41, 5.74) is 0.812. The Kier molecular flexibility index (Phi) is 3.70. The van der Waals surface area contributed by atoms with Gasteiger partial charge in [0, 0.05) is 7.11 Å². The van der Waals surface area contributed by atoms with Crippen molar-refractivity contribution >= 4 is 0 Å². The molecule has 3 heteroatoms. The van der Waals surface area contributed by atoms with Gasteiger partial charge in [-0.2, -0.15) is 0 Å². The van der Waals surface area contributed by atoms with Gasteiger partial charge in [-0.3, -0.25) is 0 Å². The van der Waals surface area contributed by atoms with Crippen molar-refractivity contribution in [1.82, 2.24) is 0 Å². The molecule has 0 radical (unpaired) electrons. The van der Waals surface area contributed by atoms with E-state index in [1.54, 1.807) is 19.2 Å². The minimum absolute atomic E-state index is 0.233. The van der Waals surface area contributed by atoms with E-state index in [4.69, 9.17) is 4.74 Å². The normalized spacial score (nSPS) is 10.2. The molecule has 1 aromatic rings. The predicted molar refractivity (Wildman–Crippen MR) is 43.1 cm³/mol. The number of halogens is 1. The maximum Gasteiger partial charge on any atom is 0.146 e. The molecule has 2 nitrogen and oxygen atoms in total. The van der Waals surface area contributed by atoms with E-state index in [0.29, 0.717) is 6.61 Å². The second-order valence-corrected chi connectivity index (χ2v) is 2.38. The summed E-state index contributed by atoms with van der Waals surface area (Å²) in [6.07, 6.45) is 0. The smallest absolute Gasteiger partial charge is 0.146 e. The number of benzene rings is 1. The van der Waals surface area contributed by atoms with Gasteiger partial charge in [0.2, 0.25) is 0 Å². The molecule has 0 heterocycles. The molecule has 0 unspecified atom stereocenters. The zero-order chi connectivity index (χ0) is 8.81. The van der Waals surface area contributed by atoms with Crippen LogP contribution in [-0.4, -0.2) is 13.9 Å². The van der Waals surface area contributed by atoms with Crippen molar-refractivity contribution in [3.05, 3.63) is 35.6 Å². The summed E-state index contributed by atoms with van der Waals surface area (Å²) in [5.74, 6) is -0.242. The molecule has 12 heavy (non-hydrogen) atoms. The molecule has 0 aliphatic carbocycles. The third-order valence-corrected chi connectivity index (χ3v) is 1.36. The van der Waals surface area contributed by atoms with Gasteiger partial charge < -0.3 is 9.47 Å². The quantitative estimate of drug-likeness (QED) is 0.508. The lowest BCUT2D eigenvalue weighted by atomic mass is 10.2. The highest BCUT2D eigenvalue weighted by atomic mass is 19.1. The fraction of sp³-hybridized carbons (Fsp3) is 0.333. The molecular weight excluding hydrogens is 159 g/mol. The van der Waals surface area contributed by atoms with Crippen LogP contribution in [0.3, 0.4) is 0 Å². The molecule has 0 bridgehead atoms. The van der Waals surface area contributed by atoms with Crippen LogP contribution in [0.15, 0.2) is 24.3 Å². The van der Waals surface area contributed by atoms with Crippen molar-refractivity contribution in [3.63, 3.8) is 0 Å². The molecular formula is C9H11FO2. The zero-order valence-corrected chi connectivity index (χ0v) is 6.92. The number of ether oxygens (including phenoxy) is 2. The Bertz CT molecular complexity index is 238. The summed E-state index contributed by atoms with van der Waals surface area (Å²) in [5, 5.41) is 0. The third-order valence-electron chi connectivity index (χ3n) is 1.36. The SMILES string of the molecule is COCOCc1cccc(F)c1. The fourth-order valence-corrected chi connectivity index (χ4v) is 0.870. The van der Waals surface area contributed by atoms with Crippen molar-refractivity contribution in [2.45, 2.75) is 6.61 Å². The number of rotatable bonds is 4. The van der Waals surface area contributed by atoms with Crippen LogP contribution in [0.5, 0.6) is 0 Å². The van der Waals surface area contributed by atoms with Gasteiger partial charge >= 0.3 is 0 Å². The van der Waals surface area contributed by atoms with Crippen molar-refractivity contribution in [2.24, 2.45) is 0 Å². The van der Waals surface area contributed by atoms with Crippen LogP contribution in [0.1, 0.15) is 5.56 Å². The van der Waals surface area contributed by atoms with Crippen molar-refractivity contribution in [2.75, 3.05) is 13.9 Å². The minimum Gasteiger partial charge on any atom is -0.359 e. The minimum atomic E-state index is -0.242. The molecule has 0 saturated carbocycles. The highest BCUT2D eigenvalue weighted by Crippen LogP contribution is 2.04. The second-order valence-electron chi connectivity index (χ2n) is 2.38. The molecule has 1 aromatic carbocycles. The van der Waals surface area contributed by atoms with Crippen LogP contribution in [0.25, 0.3) is 0 Å². The topological polar surface area (TPSA) is 18.5 Å². The summed E-state index contributed by atoms with van der Waals surface area (Å²) in [6.45, 7) is 0.613. The Labute approximate surface area is 70.9 Å². The summed E-state index contributed by atoms with van der Waals surface area (Å²) in [6, 6.07) is 6.30. The zero-order valence-electron chi connectivity index (χ0n) is 6.92. The van der Waals surface area contributed by atoms with Crippen LogP contribution in [0.2, 0.25) is 0 Å². The van der Waals surface area contributed by atoms with Crippen LogP contribution in [-0.2, 0) is 16.1 Å². The van der Waals surface area contributed by atoms with E-state index < -0.39 is 0 Å². The van der Waals surface area contributed by atoms with Gasteiger partial charge in [-0.25, -0.2) is 4.39 Å². The van der Waals surface area contributed by atoms with Crippen molar-refractivity contribution < 1.29 is 13.9 Å². The Morgan fingerprint density at radius 2 is 2.25 bits per heavy atom. The highest BCUT2D eigenvalue weighted by molar-refractivity contribution is 5.15. The Morgan fingerprint density at radius 3 is 2.92 bits per heavy atom. The monoisotopic (exact) mass is 170 g/mol. The number of hydrogen-bond donors (Lipinski definition) is 0. The number of hydrogen-bond acceptors (Lipinski definition) is 2. The highest BCUT2D eigenvalue weighted by Gasteiger charge is 1.94. The van der Waals surface area contributed by atoms with Gasteiger partial charge in [-0.1, -0.05) is 12.1 Å². The predicted octanol–water partition coefficient (Wildman–Crippen LogP) is 1.95. The first kappa shape index (κ1) is 9.16. The molecule has 0 atom stereocenters. The molecule has 0 aromatic heterocycles. The molecule has 0 aliphatic heterocycles. The largest absolute Gasteiger partial charge is 0.359 e. The molecule has 0 N–H and O–H groups in total. The summed E-state index contributed by atoms with van der Waals surface area (Å²) in [7, 11) is 1.55. The molecule has 0 saturated heterocycles. The van der Waals surface area contributed by atoms with E-state index in [1.807, 2.05) is 0 Å². The lowest BCUT2D eigenvalue weighted by Crippen LogP contribution is -1.96. The average molecular weight is 170 g/mol. The molecule has 0 aliphatic rings. The maximum atomic E-state index is 12.6. The van der Waals surface area contributed by atoms with Gasteiger partial charge in [0.05, 0.1) is 6.61 Å². The van der Waals surface area contributed by atoms with Gasteiger partial charge in [0.1, 0.15) is 12.6 Å². The third kappa shape index (κ3) is 2.98. The van der Waals surface area contributed by atoms with E-state index in [0.717, 1.165) is 5.56 Å². The summed E-state index contributed by atoms with van der Waals surface area (Å²) in [4.78, 5) is 0. The first-order valence-electron chi connectivity index (χ1n) is 3.64. The molecule has 0 fully saturated rings. The Balaban J connectivity index is 2.41. The molecule has 0 amide bonds. The van der Waals surface area contributed by atoms with Gasteiger partial charge in [0.25, 0.3) is 0 Å². The first-order chi connectivity index (χ1) is 5.83. The lowest BCUT2D eigenvalue weighted by molar-refractivity contribution is -0.0391. The van der Waals surface area contributed by atoms with Crippen LogP contribution >= 0.6 is 0 Å². The van der Waals surface area contributed by atoms with Crippen LogP contribution in [0.4, 0.5) is 4.39 Å². The molecule has 0 spiro atoms. The van der Waals surface area contributed by atoms with E-state index >= 15 is 0 Å². The molecule has 66 valence electrons. The summed E-state index contributed by atoms with van der Waals surface area (Å²) < 4.78 is 22.3. The summed E-state index contributed by atoms with van der Waals surface area (Å²) >= 11 is 0. The van der Waals surface area contributed by atoms with Gasteiger partial charge in [0.15, 0.2) is 0 Å². The lowest BCUT2D eigenvalue weighted by Gasteiger charge is -2.02. The number of methoxy groups -OCH3 is 1. The van der Waals surface area contributed by atoms with Crippen molar-refractivity contribution in [3.8, 4) is 0 Å². The standard InChI is InChI=1S/C9H11FO2/c1-11-7-12-6-8-3-2-4-9(10)5-8/h2-5H,6-7H2,1H3. The Morgan fingerprint density at radius 1 is 1.42 bits per heavy atom. The van der Waals surface area contributed by atoms with Crippen molar-refractivity contribution in [1.29, 1.82) is 0 Å². The van der Waals surface area contributed by atoms with E-state index in [-0.39, 0.29) is 12.6 Å². The molecule has 1 rings (SSSR count). The van der Waals surface area contributed by atoms with Crippen LogP contribution in [0, 0.1) is 5.82 Å².